The third kappa shape index (κ3) is 3.85. The van der Waals surface area contributed by atoms with E-state index in [0.717, 1.165) is 15.8 Å². The van der Waals surface area contributed by atoms with E-state index in [0.29, 0.717) is 22.0 Å². The van der Waals surface area contributed by atoms with Crippen LogP contribution in [0.1, 0.15) is 42.5 Å². The fourth-order valence-corrected chi connectivity index (χ4v) is 5.33. The van der Waals surface area contributed by atoms with Crippen LogP contribution in [-0.2, 0) is 9.59 Å². The van der Waals surface area contributed by atoms with E-state index in [9.17, 15) is 14.7 Å². The van der Waals surface area contributed by atoms with E-state index < -0.39 is 17.7 Å². The Labute approximate surface area is 206 Å². The van der Waals surface area contributed by atoms with E-state index in [1.807, 2.05) is 38.1 Å². The Morgan fingerprint density at radius 1 is 1.09 bits per heavy atom. The number of fused-ring (bicyclic) bond motifs is 1. The van der Waals surface area contributed by atoms with Gasteiger partial charge in [-0.1, -0.05) is 37.3 Å². The number of anilines is 1. The van der Waals surface area contributed by atoms with Crippen molar-refractivity contribution in [3.05, 3.63) is 89.3 Å². The van der Waals surface area contributed by atoms with Crippen LogP contribution in [0, 0.1) is 0 Å². The second-order valence-electron chi connectivity index (χ2n) is 8.53. The molecule has 1 amide bonds. The number of aliphatic hydroxyl groups is 1. The summed E-state index contributed by atoms with van der Waals surface area (Å²) in [5, 5.41) is 11.8. The lowest BCUT2D eigenvalue weighted by atomic mass is 9.93. The molecule has 2 aromatic heterocycles. The number of hydrogen-bond donors (Lipinski definition) is 1. The number of nitrogens with zero attached hydrogens (tertiary/aromatic N) is 3. The molecule has 1 aliphatic rings. The predicted octanol–water partition coefficient (Wildman–Crippen LogP) is 5.45. The number of carbonyl (C=O) groups excluding carboxylic acids is 2. The van der Waals surface area contributed by atoms with Gasteiger partial charge in [0.15, 0.2) is 5.13 Å². The van der Waals surface area contributed by atoms with E-state index in [2.05, 4.69) is 9.97 Å². The molecule has 0 aliphatic carbocycles. The third-order valence-corrected chi connectivity index (χ3v) is 7.12. The number of carbonyl (C=O) groups is 2. The number of pyridine rings is 1. The summed E-state index contributed by atoms with van der Waals surface area (Å²) >= 11 is 1.32. The lowest BCUT2D eigenvalue weighted by molar-refractivity contribution is -0.132. The highest BCUT2D eigenvalue weighted by Crippen LogP contribution is 2.44. The molecule has 2 aromatic carbocycles. The fourth-order valence-electron chi connectivity index (χ4n) is 4.34. The standard InChI is InChI=1S/C27H23N3O4S/c1-15(2)18-14-17(8-9-20(18)34-3)24(31)22-23(16-10-12-28-13-11-16)30(26(33)25(22)32)27-29-19-6-4-5-7-21(19)35-27/h4-15,23,31H,1-3H3/b24-22+. The van der Waals surface area contributed by atoms with Gasteiger partial charge in [-0.3, -0.25) is 19.5 Å². The number of hydrogen-bond acceptors (Lipinski definition) is 7. The highest BCUT2D eigenvalue weighted by atomic mass is 32.1. The normalized spacial score (nSPS) is 17.5. The first-order chi connectivity index (χ1) is 16.9. The molecule has 1 N–H and O–H groups in total. The first-order valence-electron chi connectivity index (χ1n) is 11.2. The van der Waals surface area contributed by atoms with Gasteiger partial charge in [0.2, 0.25) is 0 Å². The molecule has 1 unspecified atom stereocenters. The SMILES string of the molecule is COc1ccc(/C(O)=C2\C(=O)C(=O)N(c3nc4ccccc4s3)C2c2ccncc2)cc1C(C)C. The van der Waals surface area contributed by atoms with Gasteiger partial charge in [0, 0.05) is 18.0 Å². The van der Waals surface area contributed by atoms with Crippen LogP contribution in [0.4, 0.5) is 5.13 Å². The van der Waals surface area contributed by atoms with E-state index in [1.54, 1.807) is 49.8 Å². The first-order valence-corrected chi connectivity index (χ1v) is 12.0. The van der Waals surface area contributed by atoms with Crippen molar-refractivity contribution in [2.75, 3.05) is 12.0 Å². The van der Waals surface area contributed by atoms with E-state index in [-0.39, 0.29) is 17.3 Å². The summed E-state index contributed by atoms with van der Waals surface area (Å²) in [5.74, 6) is -0.912. The van der Waals surface area contributed by atoms with Crippen molar-refractivity contribution in [2.45, 2.75) is 25.8 Å². The predicted molar refractivity (Wildman–Crippen MR) is 136 cm³/mol. The summed E-state index contributed by atoms with van der Waals surface area (Å²) in [7, 11) is 1.59. The first kappa shape index (κ1) is 22.7. The monoisotopic (exact) mass is 485 g/mol. The molecule has 8 heteroatoms. The van der Waals surface area contributed by atoms with Crippen LogP contribution in [-0.4, -0.2) is 33.9 Å². The van der Waals surface area contributed by atoms with Crippen molar-refractivity contribution >= 4 is 44.1 Å². The van der Waals surface area contributed by atoms with E-state index in [4.69, 9.17) is 4.74 Å². The number of rotatable bonds is 5. The number of methoxy groups -OCH3 is 1. The highest BCUT2D eigenvalue weighted by molar-refractivity contribution is 7.22. The Bertz CT molecular complexity index is 1440. The van der Waals surface area contributed by atoms with Gasteiger partial charge in [0.05, 0.1) is 28.9 Å². The van der Waals surface area contributed by atoms with Crippen LogP contribution in [0.3, 0.4) is 0 Å². The minimum atomic E-state index is -0.844. The van der Waals surface area contributed by atoms with Crippen molar-refractivity contribution in [3.8, 4) is 5.75 Å². The van der Waals surface area contributed by atoms with Gasteiger partial charge in [0.1, 0.15) is 11.5 Å². The van der Waals surface area contributed by atoms with Crippen LogP contribution in [0.15, 0.2) is 72.6 Å². The van der Waals surface area contributed by atoms with E-state index in [1.165, 1.54) is 16.2 Å². The number of ether oxygens (including phenoxy) is 1. The van der Waals surface area contributed by atoms with Gasteiger partial charge in [-0.2, -0.15) is 0 Å². The average molecular weight is 486 g/mol. The number of benzene rings is 2. The molecule has 0 saturated carbocycles. The molecule has 176 valence electrons. The Kier molecular flexibility index (Phi) is 5.82. The molecule has 1 fully saturated rings. The van der Waals surface area contributed by atoms with Gasteiger partial charge in [-0.05, 0) is 59.5 Å². The quantitative estimate of drug-likeness (QED) is 0.230. The summed E-state index contributed by atoms with van der Waals surface area (Å²) in [6, 6.07) is 15.4. The molecule has 3 heterocycles. The van der Waals surface area contributed by atoms with Gasteiger partial charge in [-0.15, -0.1) is 0 Å². The Hall–Kier alpha value is -4.04. The molecule has 4 aromatic rings. The van der Waals surface area contributed by atoms with Crippen molar-refractivity contribution in [3.63, 3.8) is 0 Å². The van der Waals surface area contributed by atoms with Crippen molar-refractivity contribution in [1.29, 1.82) is 0 Å². The number of aromatic nitrogens is 2. The van der Waals surface area contributed by atoms with Crippen LogP contribution >= 0.6 is 11.3 Å². The summed E-state index contributed by atoms with van der Waals surface area (Å²) in [5.41, 5.74) is 2.73. The summed E-state index contributed by atoms with van der Waals surface area (Å²) < 4.78 is 6.36. The summed E-state index contributed by atoms with van der Waals surface area (Å²) in [4.78, 5) is 36.8. The van der Waals surface area contributed by atoms with Crippen molar-refractivity contribution in [2.24, 2.45) is 0 Å². The van der Waals surface area contributed by atoms with Crippen molar-refractivity contribution in [1.82, 2.24) is 9.97 Å². The second kappa shape index (κ2) is 8.96. The highest BCUT2D eigenvalue weighted by Gasteiger charge is 2.48. The third-order valence-electron chi connectivity index (χ3n) is 6.08. The lowest BCUT2D eigenvalue weighted by Gasteiger charge is -2.23. The Morgan fingerprint density at radius 3 is 2.51 bits per heavy atom. The zero-order valence-corrected chi connectivity index (χ0v) is 20.2. The largest absolute Gasteiger partial charge is 0.507 e. The minimum absolute atomic E-state index is 0.0142. The number of amides is 1. The molecule has 0 bridgehead atoms. The number of ketones is 1. The number of para-hydroxylation sites is 1. The molecular formula is C27H23N3O4S. The Morgan fingerprint density at radius 2 is 1.83 bits per heavy atom. The molecule has 0 radical (unpaired) electrons. The van der Waals surface area contributed by atoms with Gasteiger partial charge < -0.3 is 9.84 Å². The minimum Gasteiger partial charge on any atom is -0.507 e. The topological polar surface area (TPSA) is 92.6 Å². The summed E-state index contributed by atoms with van der Waals surface area (Å²) in [6.07, 6.45) is 3.19. The summed E-state index contributed by atoms with van der Waals surface area (Å²) in [6.45, 7) is 4.04. The smallest absolute Gasteiger partial charge is 0.301 e. The molecule has 1 saturated heterocycles. The maximum Gasteiger partial charge on any atom is 0.301 e. The fraction of sp³-hybridized carbons (Fsp3) is 0.185. The zero-order valence-electron chi connectivity index (χ0n) is 19.4. The molecular weight excluding hydrogens is 462 g/mol. The maximum absolute atomic E-state index is 13.4. The molecule has 7 nitrogen and oxygen atoms in total. The average Bonchev–Trinajstić information content (AvgIpc) is 3.42. The van der Waals surface area contributed by atoms with Crippen LogP contribution in [0.5, 0.6) is 5.75 Å². The molecule has 1 atom stereocenters. The number of thiazole rings is 1. The molecule has 0 spiro atoms. The number of aliphatic hydroxyl groups excluding tert-OH is 1. The van der Waals surface area contributed by atoms with Gasteiger partial charge in [0.25, 0.3) is 5.78 Å². The molecule has 35 heavy (non-hydrogen) atoms. The molecule has 1 aliphatic heterocycles. The van der Waals surface area contributed by atoms with Crippen molar-refractivity contribution < 1.29 is 19.4 Å². The molecule has 5 rings (SSSR count). The van der Waals surface area contributed by atoms with E-state index >= 15 is 0 Å². The van der Waals surface area contributed by atoms with Gasteiger partial charge >= 0.3 is 5.91 Å². The van der Waals surface area contributed by atoms with Crippen LogP contribution in [0.25, 0.3) is 16.0 Å². The van der Waals surface area contributed by atoms with Gasteiger partial charge in [-0.25, -0.2) is 4.98 Å². The zero-order chi connectivity index (χ0) is 24.7. The maximum atomic E-state index is 13.4. The lowest BCUT2D eigenvalue weighted by Crippen LogP contribution is -2.29. The van der Waals surface area contributed by atoms with Crippen LogP contribution < -0.4 is 9.64 Å². The second-order valence-corrected chi connectivity index (χ2v) is 9.53. The van der Waals surface area contributed by atoms with Crippen LogP contribution in [0.2, 0.25) is 0 Å². The Balaban J connectivity index is 1.72. The number of Topliss-reactive ketones (excluding diaryl/α,β-unsaturated/α-hetero) is 1.